The largest absolute Gasteiger partial charge is 0.457 e. The van der Waals surface area contributed by atoms with Gasteiger partial charge in [-0.15, -0.1) is 0 Å². The van der Waals surface area contributed by atoms with Gasteiger partial charge in [0.1, 0.15) is 6.61 Å². The molecule has 0 unspecified atom stereocenters. The Kier molecular flexibility index (Phi) is 1.92. The zero-order valence-corrected chi connectivity index (χ0v) is 6.33. The molecule has 0 aliphatic carbocycles. The van der Waals surface area contributed by atoms with E-state index in [2.05, 4.69) is 0 Å². The molecule has 0 spiro atoms. The fourth-order valence-corrected chi connectivity index (χ4v) is 1.07. The first-order valence-corrected chi connectivity index (χ1v) is 3.13. The molecular formula is C8H10NO2+. The Morgan fingerprint density at radius 3 is 2.73 bits per heavy atom. The molecule has 0 saturated heterocycles. The SMILES string of the molecule is O=C1OCc2ccccc21.[NH4+]. The number of carbonyl (C=O) groups excluding carboxylic acids is 1. The Balaban J connectivity index is 0.000000605. The fourth-order valence-electron chi connectivity index (χ4n) is 1.07. The molecule has 11 heavy (non-hydrogen) atoms. The normalized spacial score (nSPS) is 13.3. The minimum atomic E-state index is -0.199. The van der Waals surface area contributed by atoms with E-state index in [9.17, 15) is 4.79 Å². The standard InChI is InChI=1S/C8H6O2.H3N/c9-8-7-4-2-1-3-6(7)5-10-8;/h1-4H,5H2;1H3/p+1. The van der Waals surface area contributed by atoms with Crippen LogP contribution < -0.4 is 6.15 Å². The number of ether oxygens (including phenoxy) is 1. The first-order valence-electron chi connectivity index (χ1n) is 3.13. The summed E-state index contributed by atoms with van der Waals surface area (Å²) in [5.41, 5.74) is 1.70. The highest BCUT2D eigenvalue weighted by molar-refractivity contribution is 5.93. The molecule has 0 aromatic heterocycles. The lowest BCUT2D eigenvalue weighted by molar-refractivity contribution is 0.0535. The lowest BCUT2D eigenvalue weighted by atomic mass is 10.1. The van der Waals surface area contributed by atoms with Crippen molar-refractivity contribution in [1.82, 2.24) is 6.15 Å². The van der Waals surface area contributed by atoms with Crippen molar-refractivity contribution in [3.63, 3.8) is 0 Å². The first kappa shape index (κ1) is 7.75. The van der Waals surface area contributed by atoms with Gasteiger partial charge in [0, 0.05) is 5.56 Å². The molecule has 2 rings (SSSR count). The minimum absolute atomic E-state index is 0. The van der Waals surface area contributed by atoms with Crippen molar-refractivity contribution < 1.29 is 9.53 Å². The molecule has 0 radical (unpaired) electrons. The summed E-state index contributed by atoms with van der Waals surface area (Å²) in [6.45, 7) is 0.439. The van der Waals surface area contributed by atoms with E-state index in [1.807, 2.05) is 18.2 Å². The van der Waals surface area contributed by atoms with Crippen LogP contribution in [0.3, 0.4) is 0 Å². The molecule has 3 nitrogen and oxygen atoms in total. The number of fused-ring (bicyclic) bond motifs is 1. The van der Waals surface area contributed by atoms with Gasteiger partial charge >= 0.3 is 5.97 Å². The number of esters is 1. The predicted octanol–water partition coefficient (Wildman–Crippen LogP) is 1.73. The summed E-state index contributed by atoms with van der Waals surface area (Å²) in [6.07, 6.45) is 0. The summed E-state index contributed by atoms with van der Waals surface area (Å²) in [6, 6.07) is 7.43. The average Bonchev–Trinajstić information content (AvgIpc) is 2.34. The van der Waals surface area contributed by atoms with Gasteiger partial charge in [-0.05, 0) is 6.07 Å². The number of rotatable bonds is 0. The topological polar surface area (TPSA) is 62.8 Å². The molecule has 1 aromatic carbocycles. The maximum Gasteiger partial charge on any atom is 0.338 e. The minimum Gasteiger partial charge on any atom is -0.457 e. The number of hydrogen-bond acceptors (Lipinski definition) is 2. The molecule has 1 heterocycles. The Morgan fingerprint density at radius 2 is 2.00 bits per heavy atom. The zero-order chi connectivity index (χ0) is 6.97. The number of carbonyl (C=O) groups is 1. The van der Waals surface area contributed by atoms with Crippen molar-refractivity contribution in [2.45, 2.75) is 6.61 Å². The molecule has 0 amide bonds. The molecule has 0 bridgehead atoms. The van der Waals surface area contributed by atoms with Crippen molar-refractivity contribution in [1.29, 1.82) is 0 Å². The van der Waals surface area contributed by atoms with Crippen LogP contribution in [-0.4, -0.2) is 5.97 Å². The molecular weight excluding hydrogens is 142 g/mol. The number of quaternary nitrogens is 1. The van der Waals surface area contributed by atoms with Crippen LogP contribution in [-0.2, 0) is 11.3 Å². The highest BCUT2D eigenvalue weighted by Crippen LogP contribution is 2.17. The second-order valence-electron chi connectivity index (χ2n) is 2.23. The summed E-state index contributed by atoms with van der Waals surface area (Å²) in [5.74, 6) is -0.199. The van der Waals surface area contributed by atoms with Gasteiger partial charge in [-0.2, -0.15) is 0 Å². The van der Waals surface area contributed by atoms with Crippen LogP contribution in [0, 0.1) is 0 Å². The van der Waals surface area contributed by atoms with E-state index in [0.717, 1.165) is 5.56 Å². The maximum atomic E-state index is 10.8. The third-order valence-electron chi connectivity index (χ3n) is 1.60. The van der Waals surface area contributed by atoms with E-state index < -0.39 is 0 Å². The lowest BCUT2D eigenvalue weighted by Gasteiger charge is -1.87. The molecule has 0 fully saturated rings. The average molecular weight is 152 g/mol. The quantitative estimate of drug-likeness (QED) is 0.575. The number of benzene rings is 1. The van der Waals surface area contributed by atoms with Crippen LogP contribution in [0.4, 0.5) is 0 Å². The van der Waals surface area contributed by atoms with Gasteiger partial charge in [0.25, 0.3) is 0 Å². The van der Waals surface area contributed by atoms with E-state index in [0.29, 0.717) is 12.2 Å². The van der Waals surface area contributed by atoms with E-state index in [-0.39, 0.29) is 12.1 Å². The van der Waals surface area contributed by atoms with Crippen LogP contribution in [0.25, 0.3) is 0 Å². The molecule has 3 heteroatoms. The monoisotopic (exact) mass is 152 g/mol. The number of cyclic esters (lactones) is 1. The Morgan fingerprint density at radius 1 is 1.27 bits per heavy atom. The van der Waals surface area contributed by atoms with Gasteiger partial charge in [0.2, 0.25) is 0 Å². The molecule has 0 atom stereocenters. The van der Waals surface area contributed by atoms with Crippen LogP contribution in [0.15, 0.2) is 24.3 Å². The van der Waals surface area contributed by atoms with Crippen molar-refractivity contribution in [2.75, 3.05) is 0 Å². The third-order valence-corrected chi connectivity index (χ3v) is 1.60. The highest BCUT2D eigenvalue weighted by atomic mass is 16.5. The Bertz CT molecular complexity index is 283. The molecule has 58 valence electrons. The van der Waals surface area contributed by atoms with Crippen molar-refractivity contribution in [2.24, 2.45) is 0 Å². The van der Waals surface area contributed by atoms with Gasteiger partial charge in [0.05, 0.1) is 5.56 Å². The van der Waals surface area contributed by atoms with Crippen LogP contribution >= 0.6 is 0 Å². The first-order chi connectivity index (χ1) is 4.88. The zero-order valence-electron chi connectivity index (χ0n) is 6.33. The van der Waals surface area contributed by atoms with Crippen LogP contribution in [0.5, 0.6) is 0 Å². The molecule has 0 saturated carbocycles. The summed E-state index contributed by atoms with van der Waals surface area (Å²) in [7, 11) is 0. The second kappa shape index (κ2) is 2.72. The van der Waals surface area contributed by atoms with E-state index in [4.69, 9.17) is 4.74 Å². The Hall–Kier alpha value is -1.35. The van der Waals surface area contributed by atoms with Crippen LogP contribution in [0.2, 0.25) is 0 Å². The fraction of sp³-hybridized carbons (Fsp3) is 0.125. The highest BCUT2D eigenvalue weighted by Gasteiger charge is 2.18. The lowest BCUT2D eigenvalue weighted by Crippen LogP contribution is -1.91. The molecule has 1 aliphatic rings. The third kappa shape index (κ3) is 1.10. The van der Waals surface area contributed by atoms with E-state index in [1.165, 1.54) is 0 Å². The molecule has 1 aliphatic heterocycles. The number of hydrogen-bond donors (Lipinski definition) is 1. The maximum absolute atomic E-state index is 10.8. The van der Waals surface area contributed by atoms with Gasteiger partial charge in [0.15, 0.2) is 0 Å². The van der Waals surface area contributed by atoms with Crippen molar-refractivity contribution in [3.05, 3.63) is 35.4 Å². The smallest absolute Gasteiger partial charge is 0.338 e. The summed E-state index contributed by atoms with van der Waals surface area (Å²) >= 11 is 0. The van der Waals surface area contributed by atoms with E-state index in [1.54, 1.807) is 6.07 Å². The predicted molar refractivity (Wildman–Crippen MR) is 41.5 cm³/mol. The van der Waals surface area contributed by atoms with Crippen molar-refractivity contribution in [3.8, 4) is 0 Å². The Labute approximate surface area is 64.6 Å². The van der Waals surface area contributed by atoms with E-state index >= 15 is 0 Å². The van der Waals surface area contributed by atoms with Gasteiger partial charge in [-0.3, -0.25) is 0 Å². The molecule has 1 aromatic rings. The van der Waals surface area contributed by atoms with Gasteiger partial charge < -0.3 is 10.9 Å². The summed E-state index contributed by atoms with van der Waals surface area (Å²) < 4.78 is 4.78. The summed E-state index contributed by atoms with van der Waals surface area (Å²) in [5, 5.41) is 0. The second-order valence-corrected chi connectivity index (χ2v) is 2.23. The van der Waals surface area contributed by atoms with Crippen molar-refractivity contribution >= 4 is 5.97 Å². The van der Waals surface area contributed by atoms with Crippen LogP contribution in [0.1, 0.15) is 15.9 Å². The van der Waals surface area contributed by atoms with Gasteiger partial charge in [-0.25, -0.2) is 4.79 Å². The van der Waals surface area contributed by atoms with Gasteiger partial charge in [-0.1, -0.05) is 18.2 Å². The summed E-state index contributed by atoms with van der Waals surface area (Å²) in [4.78, 5) is 10.8. The molecule has 4 N–H and O–H groups in total.